The van der Waals surface area contributed by atoms with E-state index in [2.05, 4.69) is 5.32 Å². The molecule has 0 aliphatic rings. The van der Waals surface area contributed by atoms with Gasteiger partial charge in [0.2, 0.25) is 0 Å². The van der Waals surface area contributed by atoms with Gasteiger partial charge in [0.05, 0.1) is 6.54 Å². The van der Waals surface area contributed by atoms with Crippen LogP contribution in [0.2, 0.25) is 0 Å². The topological polar surface area (TPSA) is 55.1 Å². The minimum atomic E-state index is 0.109. The van der Waals surface area contributed by atoms with Gasteiger partial charge in [-0.15, -0.1) is 0 Å². The summed E-state index contributed by atoms with van der Waals surface area (Å²) >= 11 is 0. The normalized spacial score (nSPS) is 9.42. The van der Waals surface area contributed by atoms with E-state index in [0.29, 0.717) is 12.2 Å². The van der Waals surface area contributed by atoms with Gasteiger partial charge in [-0.25, -0.2) is 0 Å². The van der Waals surface area contributed by atoms with E-state index < -0.39 is 0 Å². The molecule has 0 aliphatic heterocycles. The molecule has 3 heteroatoms. The summed E-state index contributed by atoms with van der Waals surface area (Å²) in [5.74, 6) is 0.109. The van der Waals surface area contributed by atoms with Crippen LogP contribution in [0.5, 0.6) is 0 Å². The second kappa shape index (κ2) is 3.76. The lowest BCUT2D eigenvalue weighted by Crippen LogP contribution is -2.09. The number of nitrogens with two attached hydrogens (primary N) is 1. The van der Waals surface area contributed by atoms with Crippen LogP contribution in [0.3, 0.4) is 0 Å². The van der Waals surface area contributed by atoms with E-state index in [1.165, 1.54) is 0 Å². The van der Waals surface area contributed by atoms with Crippen molar-refractivity contribution >= 4 is 17.2 Å². The highest BCUT2D eigenvalue weighted by Crippen LogP contribution is 2.10. The molecule has 0 aromatic heterocycles. The third-order valence-electron chi connectivity index (χ3n) is 1.43. The van der Waals surface area contributed by atoms with Crippen molar-refractivity contribution in [2.24, 2.45) is 0 Å². The average molecular weight is 164 g/mol. The molecular formula is C9H12N2O. The number of hydrogen-bond donors (Lipinski definition) is 2. The van der Waals surface area contributed by atoms with Crippen molar-refractivity contribution in [1.82, 2.24) is 0 Å². The molecule has 0 fully saturated rings. The number of nitrogens with one attached hydrogen (secondary N) is 1. The molecular weight excluding hydrogens is 152 g/mol. The van der Waals surface area contributed by atoms with Crippen molar-refractivity contribution in [3.05, 3.63) is 24.3 Å². The van der Waals surface area contributed by atoms with Crippen molar-refractivity contribution in [3.63, 3.8) is 0 Å². The fourth-order valence-electron chi connectivity index (χ4n) is 0.875. The Morgan fingerprint density at radius 1 is 1.58 bits per heavy atom. The van der Waals surface area contributed by atoms with Gasteiger partial charge < -0.3 is 11.1 Å². The Hall–Kier alpha value is -1.51. The van der Waals surface area contributed by atoms with Crippen LogP contribution in [0, 0.1) is 0 Å². The molecule has 0 saturated carbocycles. The van der Waals surface area contributed by atoms with Crippen molar-refractivity contribution in [3.8, 4) is 0 Å². The van der Waals surface area contributed by atoms with E-state index >= 15 is 0 Å². The Bertz CT molecular complexity index is 284. The summed E-state index contributed by atoms with van der Waals surface area (Å²) < 4.78 is 0. The van der Waals surface area contributed by atoms with Crippen molar-refractivity contribution in [1.29, 1.82) is 0 Å². The largest absolute Gasteiger partial charge is 0.399 e. The Balaban J connectivity index is 2.57. The van der Waals surface area contributed by atoms with Gasteiger partial charge in [0.15, 0.2) is 0 Å². The monoisotopic (exact) mass is 164 g/mol. The highest BCUT2D eigenvalue weighted by Gasteiger charge is 1.93. The first-order valence-corrected chi connectivity index (χ1v) is 3.77. The maximum Gasteiger partial charge on any atom is 0.148 e. The summed E-state index contributed by atoms with van der Waals surface area (Å²) in [5.41, 5.74) is 7.12. The maximum absolute atomic E-state index is 10.6. The fourth-order valence-corrected chi connectivity index (χ4v) is 0.875. The summed E-state index contributed by atoms with van der Waals surface area (Å²) in [6.45, 7) is 1.89. The predicted octanol–water partition coefficient (Wildman–Crippen LogP) is 1.27. The van der Waals surface area contributed by atoms with Crippen molar-refractivity contribution in [2.45, 2.75) is 6.92 Å². The van der Waals surface area contributed by atoms with Crippen LogP contribution in [0.25, 0.3) is 0 Å². The second-order valence-corrected chi connectivity index (χ2v) is 2.68. The van der Waals surface area contributed by atoms with Gasteiger partial charge in [-0.2, -0.15) is 0 Å². The molecule has 3 N–H and O–H groups in total. The molecule has 0 aliphatic carbocycles. The van der Waals surface area contributed by atoms with Crippen LogP contribution in [0.15, 0.2) is 24.3 Å². The molecule has 1 rings (SSSR count). The number of rotatable bonds is 3. The Morgan fingerprint density at radius 2 is 2.33 bits per heavy atom. The number of carbonyl (C=O) groups excluding carboxylic acids is 1. The number of benzene rings is 1. The third kappa shape index (κ3) is 2.62. The summed E-state index contributed by atoms with van der Waals surface area (Å²) in [5, 5.41) is 2.96. The molecule has 0 saturated heterocycles. The summed E-state index contributed by atoms with van der Waals surface area (Å²) in [6.07, 6.45) is 0. The standard InChI is InChI=1S/C9H12N2O/c1-7(12)6-11-9-4-2-3-8(10)5-9/h2-5,11H,6,10H2,1H3. The fraction of sp³-hybridized carbons (Fsp3) is 0.222. The van der Waals surface area contributed by atoms with Crippen LogP contribution in [-0.2, 0) is 4.79 Å². The molecule has 0 radical (unpaired) electrons. The molecule has 0 atom stereocenters. The average Bonchev–Trinajstić information content (AvgIpc) is 2.01. The molecule has 0 amide bonds. The van der Waals surface area contributed by atoms with Crippen molar-refractivity contribution < 1.29 is 4.79 Å². The zero-order chi connectivity index (χ0) is 8.97. The first-order chi connectivity index (χ1) is 5.68. The third-order valence-corrected chi connectivity index (χ3v) is 1.43. The van der Waals surface area contributed by atoms with Gasteiger partial charge >= 0.3 is 0 Å². The summed E-state index contributed by atoms with van der Waals surface area (Å²) in [7, 11) is 0. The molecule has 0 spiro atoms. The molecule has 1 aromatic rings. The van der Waals surface area contributed by atoms with E-state index in [1.54, 1.807) is 19.1 Å². The molecule has 1 aromatic carbocycles. The van der Waals surface area contributed by atoms with Gasteiger partial charge in [-0.05, 0) is 25.1 Å². The first kappa shape index (κ1) is 8.59. The quantitative estimate of drug-likeness (QED) is 0.661. The van der Waals surface area contributed by atoms with Crippen LogP contribution >= 0.6 is 0 Å². The Morgan fingerprint density at radius 3 is 2.92 bits per heavy atom. The van der Waals surface area contributed by atoms with E-state index in [9.17, 15) is 4.79 Å². The summed E-state index contributed by atoms with van der Waals surface area (Å²) in [4.78, 5) is 10.6. The highest BCUT2D eigenvalue weighted by atomic mass is 16.1. The van der Waals surface area contributed by atoms with Crippen molar-refractivity contribution in [2.75, 3.05) is 17.6 Å². The number of nitrogen functional groups attached to an aromatic ring is 1. The lowest BCUT2D eigenvalue weighted by Gasteiger charge is -2.03. The van der Waals surface area contributed by atoms with E-state index in [-0.39, 0.29) is 5.78 Å². The van der Waals surface area contributed by atoms with E-state index in [0.717, 1.165) is 5.69 Å². The first-order valence-electron chi connectivity index (χ1n) is 3.77. The molecule has 12 heavy (non-hydrogen) atoms. The lowest BCUT2D eigenvalue weighted by molar-refractivity contribution is -0.115. The van der Waals surface area contributed by atoms with Crippen LogP contribution in [0.1, 0.15) is 6.92 Å². The minimum Gasteiger partial charge on any atom is -0.399 e. The summed E-state index contributed by atoms with van der Waals surface area (Å²) in [6, 6.07) is 7.32. The van der Waals surface area contributed by atoms with E-state index in [1.807, 2.05) is 12.1 Å². The van der Waals surface area contributed by atoms with Crippen LogP contribution in [0.4, 0.5) is 11.4 Å². The Kier molecular flexibility index (Phi) is 2.69. The maximum atomic E-state index is 10.6. The SMILES string of the molecule is CC(=O)CNc1cccc(N)c1. The van der Waals surface area contributed by atoms with E-state index in [4.69, 9.17) is 5.73 Å². The zero-order valence-corrected chi connectivity index (χ0v) is 7.00. The number of anilines is 2. The van der Waals surface area contributed by atoms with Gasteiger partial charge in [-0.1, -0.05) is 6.07 Å². The predicted molar refractivity (Wildman–Crippen MR) is 50.0 cm³/mol. The second-order valence-electron chi connectivity index (χ2n) is 2.68. The number of hydrogen-bond acceptors (Lipinski definition) is 3. The molecule has 0 bridgehead atoms. The van der Waals surface area contributed by atoms with Gasteiger partial charge in [0.25, 0.3) is 0 Å². The number of carbonyl (C=O) groups is 1. The van der Waals surface area contributed by atoms with Gasteiger partial charge in [0, 0.05) is 11.4 Å². The Labute approximate surface area is 71.6 Å². The van der Waals surface area contributed by atoms with Gasteiger partial charge in [0.1, 0.15) is 5.78 Å². The molecule has 0 heterocycles. The lowest BCUT2D eigenvalue weighted by atomic mass is 10.3. The molecule has 0 unspecified atom stereocenters. The van der Waals surface area contributed by atoms with Crippen LogP contribution < -0.4 is 11.1 Å². The van der Waals surface area contributed by atoms with Gasteiger partial charge in [-0.3, -0.25) is 4.79 Å². The zero-order valence-electron chi connectivity index (χ0n) is 7.00. The number of Topliss-reactive ketones (excluding diaryl/α,β-unsaturated/α-hetero) is 1. The van der Waals surface area contributed by atoms with Crippen LogP contribution in [-0.4, -0.2) is 12.3 Å². The number of ketones is 1. The minimum absolute atomic E-state index is 0.109. The molecule has 3 nitrogen and oxygen atoms in total. The molecule has 64 valence electrons. The smallest absolute Gasteiger partial charge is 0.148 e. The highest BCUT2D eigenvalue weighted by molar-refractivity contribution is 5.80.